The molecule has 0 spiro atoms. The number of hydrogen-bond donors (Lipinski definition) is 2. The van der Waals surface area contributed by atoms with Crippen molar-refractivity contribution in [1.29, 1.82) is 0 Å². The van der Waals surface area contributed by atoms with Gasteiger partial charge >= 0.3 is 0 Å². The zero-order chi connectivity index (χ0) is 43.6. The van der Waals surface area contributed by atoms with Crippen LogP contribution in [0.2, 0.25) is 0 Å². The minimum atomic E-state index is -4.55. The molecule has 344 valence electrons. The second-order valence-corrected chi connectivity index (χ2v) is 18.8. The Morgan fingerprint density at radius 1 is 0.610 bits per heavy atom. The van der Waals surface area contributed by atoms with E-state index < -0.39 is 20.0 Å². The average molecular weight is 849 g/mol. The van der Waals surface area contributed by atoms with Gasteiger partial charge in [-0.15, -0.1) is 0 Å². The number of rotatable bonds is 43. The SMILES string of the molecule is CC/C=C\C/C=C\C/C=C\C/C=C\C/C=C\CCCCCCCCCCCCCCCCCCCC(=O)NC(COP(=O)([O-])OCC[N+](C)(C)C)C(O)CCCCCC. The van der Waals surface area contributed by atoms with Gasteiger partial charge in [0.15, 0.2) is 0 Å². The highest BCUT2D eigenvalue weighted by Crippen LogP contribution is 2.38. The highest BCUT2D eigenvalue weighted by atomic mass is 31.2. The van der Waals surface area contributed by atoms with Crippen LogP contribution >= 0.6 is 7.82 Å². The normalized spacial score (nSPS) is 14.8. The molecular weight excluding hydrogens is 756 g/mol. The number of allylic oxidation sites excluding steroid dienone is 10. The molecule has 0 saturated heterocycles. The Labute approximate surface area is 364 Å². The third-order valence-corrected chi connectivity index (χ3v) is 11.5. The highest BCUT2D eigenvalue weighted by Gasteiger charge is 2.24. The summed E-state index contributed by atoms with van der Waals surface area (Å²) in [7, 11) is 1.30. The Morgan fingerprint density at radius 3 is 1.49 bits per heavy atom. The van der Waals surface area contributed by atoms with Crippen LogP contribution in [0.3, 0.4) is 0 Å². The molecule has 0 aliphatic rings. The fourth-order valence-electron chi connectivity index (χ4n) is 6.71. The number of quaternary nitrogens is 1. The first-order chi connectivity index (χ1) is 28.5. The zero-order valence-electron chi connectivity index (χ0n) is 38.9. The van der Waals surface area contributed by atoms with Gasteiger partial charge in [-0.2, -0.15) is 0 Å². The largest absolute Gasteiger partial charge is 0.756 e. The predicted molar refractivity (Wildman–Crippen MR) is 251 cm³/mol. The fourth-order valence-corrected chi connectivity index (χ4v) is 7.44. The number of nitrogens with one attached hydrogen (secondary N) is 1. The number of aliphatic hydroxyl groups excluding tert-OH is 1. The molecule has 0 rings (SSSR count). The number of amides is 1. The van der Waals surface area contributed by atoms with E-state index in [9.17, 15) is 19.4 Å². The van der Waals surface area contributed by atoms with Crippen LogP contribution in [0.25, 0.3) is 0 Å². The summed E-state index contributed by atoms with van der Waals surface area (Å²) in [6, 6.07) is -0.796. The monoisotopic (exact) mass is 849 g/mol. The summed E-state index contributed by atoms with van der Waals surface area (Å²) in [6.45, 7) is 4.47. The van der Waals surface area contributed by atoms with Crippen molar-refractivity contribution in [3.8, 4) is 0 Å². The Balaban J connectivity index is 3.80. The van der Waals surface area contributed by atoms with Crippen molar-refractivity contribution < 1.29 is 32.9 Å². The van der Waals surface area contributed by atoms with Gasteiger partial charge in [0.25, 0.3) is 7.82 Å². The average Bonchev–Trinajstić information content (AvgIpc) is 3.19. The van der Waals surface area contributed by atoms with Crippen molar-refractivity contribution in [2.45, 2.75) is 212 Å². The molecular formula is C50H93N2O6P. The van der Waals surface area contributed by atoms with Gasteiger partial charge < -0.3 is 28.8 Å². The molecule has 0 bridgehead atoms. The van der Waals surface area contributed by atoms with Gasteiger partial charge in [-0.1, -0.05) is 197 Å². The molecule has 0 aliphatic heterocycles. The van der Waals surface area contributed by atoms with E-state index in [4.69, 9.17) is 9.05 Å². The summed E-state index contributed by atoms with van der Waals surface area (Å²) in [4.78, 5) is 25.1. The van der Waals surface area contributed by atoms with Gasteiger partial charge in [-0.25, -0.2) is 0 Å². The van der Waals surface area contributed by atoms with Gasteiger partial charge in [0.05, 0.1) is 39.9 Å². The maximum absolute atomic E-state index is 12.7. The van der Waals surface area contributed by atoms with Gasteiger partial charge in [-0.05, 0) is 57.8 Å². The number of carbonyl (C=O) groups is 1. The van der Waals surface area contributed by atoms with Crippen LogP contribution in [-0.2, 0) is 18.4 Å². The first-order valence-electron chi connectivity index (χ1n) is 24.1. The number of aliphatic hydroxyl groups is 1. The van der Waals surface area contributed by atoms with Crippen LogP contribution in [0.15, 0.2) is 60.8 Å². The molecule has 0 aromatic carbocycles. The minimum absolute atomic E-state index is 0.0101. The lowest BCUT2D eigenvalue weighted by Gasteiger charge is -2.30. The number of nitrogens with zero attached hydrogens (tertiary/aromatic N) is 1. The number of phosphoric acid groups is 1. The van der Waals surface area contributed by atoms with E-state index in [1.807, 2.05) is 21.1 Å². The summed E-state index contributed by atoms with van der Waals surface area (Å²) < 4.78 is 23.0. The van der Waals surface area contributed by atoms with E-state index in [1.165, 1.54) is 96.3 Å². The summed E-state index contributed by atoms with van der Waals surface area (Å²) in [6.07, 6.45) is 54.6. The van der Waals surface area contributed by atoms with Crippen molar-refractivity contribution in [3.63, 3.8) is 0 Å². The molecule has 0 saturated carbocycles. The Hall–Kier alpha value is -1.80. The molecule has 0 aromatic heterocycles. The Bertz CT molecular complexity index is 1140. The lowest BCUT2D eigenvalue weighted by atomic mass is 10.0. The van der Waals surface area contributed by atoms with Gasteiger partial charge in [0, 0.05) is 6.42 Å². The Morgan fingerprint density at radius 2 is 1.03 bits per heavy atom. The molecule has 9 heteroatoms. The lowest BCUT2D eigenvalue weighted by molar-refractivity contribution is -0.870. The van der Waals surface area contributed by atoms with Crippen LogP contribution < -0.4 is 10.2 Å². The molecule has 0 heterocycles. The minimum Gasteiger partial charge on any atom is -0.756 e. The molecule has 3 unspecified atom stereocenters. The van der Waals surface area contributed by atoms with E-state index in [1.54, 1.807) is 0 Å². The van der Waals surface area contributed by atoms with Crippen LogP contribution in [0.4, 0.5) is 0 Å². The van der Waals surface area contributed by atoms with Crippen molar-refractivity contribution >= 4 is 13.7 Å². The molecule has 0 fully saturated rings. The lowest BCUT2D eigenvalue weighted by Crippen LogP contribution is -2.46. The molecule has 0 aromatic rings. The van der Waals surface area contributed by atoms with Gasteiger partial charge in [-0.3, -0.25) is 9.36 Å². The molecule has 3 atom stereocenters. The van der Waals surface area contributed by atoms with E-state index in [0.29, 0.717) is 23.9 Å². The van der Waals surface area contributed by atoms with Crippen LogP contribution in [0, 0.1) is 0 Å². The van der Waals surface area contributed by atoms with E-state index in [0.717, 1.165) is 77.0 Å². The predicted octanol–water partition coefficient (Wildman–Crippen LogP) is 13.2. The third kappa shape index (κ3) is 44.1. The summed E-state index contributed by atoms with van der Waals surface area (Å²) in [5, 5.41) is 13.6. The number of likely N-dealkylation sites (N-methyl/N-ethyl adjacent to an activating group) is 1. The second kappa shape index (κ2) is 41.5. The van der Waals surface area contributed by atoms with Crippen LogP contribution in [0.1, 0.15) is 200 Å². The number of unbranched alkanes of at least 4 members (excludes halogenated alkanes) is 20. The van der Waals surface area contributed by atoms with Crippen molar-refractivity contribution in [2.75, 3.05) is 40.9 Å². The Kier molecular flexibility index (Phi) is 40.3. The standard InChI is InChI=1S/C50H93N2O6P/c1-6-8-10-12-13-14-15-16-17-18-19-20-21-22-23-24-25-26-27-28-29-30-31-32-33-34-35-36-37-38-39-40-42-44-50(54)51-48(49(53)43-41-11-9-7-2)47-58-59(55,56)57-46-45-52(3,4)5/h8,10,13-14,16-17,19-20,22-23,48-49,53H,6-7,9,11-12,15,18,21,24-47H2,1-5H3,(H-,51,54,55,56)/b10-8-,14-13-,17-16-,20-19-,23-22-. The summed E-state index contributed by atoms with van der Waals surface area (Å²) in [5.41, 5.74) is 0. The van der Waals surface area contributed by atoms with Crippen molar-refractivity contribution in [3.05, 3.63) is 60.8 Å². The van der Waals surface area contributed by atoms with Gasteiger partial charge in [0.2, 0.25) is 5.91 Å². The van der Waals surface area contributed by atoms with Gasteiger partial charge in [0.1, 0.15) is 13.2 Å². The first-order valence-corrected chi connectivity index (χ1v) is 25.6. The molecule has 1 amide bonds. The molecule has 59 heavy (non-hydrogen) atoms. The van der Waals surface area contributed by atoms with Crippen LogP contribution in [-0.4, -0.2) is 68.5 Å². The highest BCUT2D eigenvalue weighted by molar-refractivity contribution is 7.45. The second-order valence-electron chi connectivity index (χ2n) is 17.4. The maximum atomic E-state index is 12.7. The van der Waals surface area contributed by atoms with E-state index in [2.05, 4.69) is 79.9 Å². The fraction of sp³-hybridized carbons (Fsp3) is 0.780. The molecule has 2 N–H and O–H groups in total. The van der Waals surface area contributed by atoms with Crippen molar-refractivity contribution in [2.24, 2.45) is 0 Å². The smallest absolute Gasteiger partial charge is 0.268 e. The zero-order valence-corrected chi connectivity index (χ0v) is 39.8. The molecule has 0 aliphatic carbocycles. The third-order valence-electron chi connectivity index (χ3n) is 10.5. The number of carbonyl (C=O) groups excluding carboxylic acids is 1. The summed E-state index contributed by atoms with van der Waals surface area (Å²) in [5.74, 6) is -0.175. The first kappa shape index (κ1) is 57.2. The number of hydrogen-bond acceptors (Lipinski definition) is 6. The number of phosphoric ester groups is 1. The van der Waals surface area contributed by atoms with Crippen molar-refractivity contribution in [1.82, 2.24) is 5.32 Å². The van der Waals surface area contributed by atoms with Crippen LogP contribution in [0.5, 0.6) is 0 Å². The molecule has 0 radical (unpaired) electrons. The topological polar surface area (TPSA) is 108 Å². The quantitative estimate of drug-likeness (QED) is 0.0274. The van der Waals surface area contributed by atoms with E-state index in [-0.39, 0.29) is 19.1 Å². The summed E-state index contributed by atoms with van der Waals surface area (Å²) >= 11 is 0. The maximum Gasteiger partial charge on any atom is 0.268 e. The molecule has 8 nitrogen and oxygen atoms in total. The van der Waals surface area contributed by atoms with E-state index >= 15 is 0 Å².